The van der Waals surface area contributed by atoms with Crippen LogP contribution in [0.1, 0.15) is 13.3 Å². The Morgan fingerprint density at radius 1 is 1.83 bits per heavy atom. The molecule has 6 heavy (non-hydrogen) atoms. The first-order chi connectivity index (χ1) is 2.81. The van der Waals surface area contributed by atoms with Crippen LogP contribution in [0.4, 0.5) is 0 Å². The molecule has 0 rings (SSSR count). The van der Waals surface area contributed by atoms with Gasteiger partial charge in [0.15, 0.2) is 0 Å². The summed E-state index contributed by atoms with van der Waals surface area (Å²) >= 11 is 3.25. The molecule has 0 N–H and O–H groups in total. The highest BCUT2D eigenvalue weighted by Gasteiger charge is 1.91. The zero-order chi connectivity index (χ0) is 4.99. The minimum Gasteiger partial charge on any atom is -0.370 e. The van der Waals surface area contributed by atoms with E-state index in [4.69, 9.17) is 4.74 Å². The highest BCUT2D eigenvalue weighted by atomic mass is 79.9. The molecule has 0 aromatic heterocycles. The maximum atomic E-state index is 4.82. The summed E-state index contributed by atoms with van der Waals surface area (Å²) in [6.45, 7) is 2.06. The Labute approximate surface area is 46.8 Å². The molecule has 0 unspecified atom stereocenters. The Kier molecular flexibility index (Phi) is 3.89. The fourth-order valence-electron chi connectivity index (χ4n) is 0.167. The standard InChI is InChI=1S/C4H9BrO/c1-3-4(5)6-2/h4H,3H2,1-2H3/t4-/m1/s1. The van der Waals surface area contributed by atoms with Crippen LogP contribution in [-0.2, 0) is 4.74 Å². The maximum Gasteiger partial charge on any atom is 0.111 e. The molecule has 0 heterocycles. The quantitative estimate of drug-likeness (QED) is 0.549. The van der Waals surface area contributed by atoms with Crippen LogP contribution in [0, 0.1) is 0 Å². The van der Waals surface area contributed by atoms with Crippen molar-refractivity contribution < 1.29 is 4.74 Å². The van der Waals surface area contributed by atoms with Crippen LogP contribution in [0.2, 0.25) is 0 Å². The van der Waals surface area contributed by atoms with E-state index in [1.165, 1.54) is 0 Å². The molecule has 0 aliphatic carbocycles. The average molecular weight is 153 g/mol. The number of ether oxygens (including phenoxy) is 1. The number of alkyl halides is 1. The summed E-state index contributed by atoms with van der Waals surface area (Å²) < 4.78 is 4.82. The Morgan fingerprint density at radius 3 is 2.33 bits per heavy atom. The monoisotopic (exact) mass is 152 g/mol. The summed E-state index contributed by atoms with van der Waals surface area (Å²) in [5.74, 6) is 0. The van der Waals surface area contributed by atoms with Gasteiger partial charge in [-0.1, -0.05) is 22.9 Å². The Morgan fingerprint density at radius 2 is 2.33 bits per heavy atom. The molecule has 0 aliphatic heterocycles. The molecular formula is C4H9BrO. The molecule has 2 heteroatoms. The van der Waals surface area contributed by atoms with E-state index in [1.807, 2.05) is 0 Å². The van der Waals surface area contributed by atoms with E-state index in [0.29, 0.717) is 0 Å². The molecule has 0 saturated carbocycles. The van der Waals surface area contributed by atoms with Crippen molar-refractivity contribution in [2.24, 2.45) is 0 Å². The lowest BCUT2D eigenvalue weighted by Crippen LogP contribution is -1.95. The van der Waals surface area contributed by atoms with Gasteiger partial charge < -0.3 is 4.74 Å². The second-order valence-corrected chi connectivity index (χ2v) is 2.08. The van der Waals surface area contributed by atoms with E-state index in [1.54, 1.807) is 7.11 Å². The van der Waals surface area contributed by atoms with Gasteiger partial charge in [0.05, 0.1) is 0 Å². The smallest absolute Gasteiger partial charge is 0.111 e. The van der Waals surface area contributed by atoms with E-state index in [-0.39, 0.29) is 5.01 Å². The summed E-state index contributed by atoms with van der Waals surface area (Å²) in [6.07, 6.45) is 1.02. The van der Waals surface area contributed by atoms with Crippen LogP contribution < -0.4 is 0 Å². The summed E-state index contributed by atoms with van der Waals surface area (Å²) in [4.78, 5) is 0. The van der Waals surface area contributed by atoms with Gasteiger partial charge in [-0.05, 0) is 6.42 Å². The molecule has 0 aliphatic rings. The number of hydrogen-bond donors (Lipinski definition) is 0. The first kappa shape index (κ1) is 6.44. The van der Waals surface area contributed by atoms with E-state index in [2.05, 4.69) is 22.9 Å². The van der Waals surface area contributed by atoms with E-state index >= 15 is 0 Å². The molecule has 0 aromatic rings. The lowest BCUT2D eigenvalue weighted by Gasteiger charge is -1.99. The molecule has 0 radical (unpaired) electrons. The van der Waals surface area contributed by atoms with Gasteiger partial charge in [-0.2, -0.15) is 0 Å². The van der Waals surface area contributed by atoms with Gasteiger partial charge >= 0.3 is 0 Å². The van der Waals surface area contributed by atoms with Crippen molar-refractivity contribution in [1.82, 2.24) is 0 Å². The molecule has 0 spiro atoms. The Balaban J connectivity index is 2.75. The molecule has 0 aromatic carbocycles. The van der Waals surface area contributed by atoms with Gasteiger partial charge in [0, 0.05) is 7.11 Å². The van der Waals surface area contributed by atoms with Gasteiger partial charge in [-0.25, -0.2) is 0 Å². The van der Waals surface area contributed by atoms with Crippen LogP contribution in [0.25, 0.3) is 0 Å². The predicted octanol–water partition coefficient (Wildman–Crippen LogP) is 1.76. The lowest BCUT2D eigenvalue weighted by atomic mass is 10.5. The van der Waals surface area contributed by atoms with Crippen molar-refractivity contribution >= 4 is 15.9 Å². The van der Waals surface area contributed by atoms with Crippen LogP contribution in [0.15, 0.2) is 0 Å². The van der Waals surface area contributed by atoms with Gasteiger partial charge in [0.1, 0.15) is 5.01 Å². The zero-order valence-corrected chi connectivity index (χ0v) is 5.66. The average Bonchev–Trinajstić information content (AvgIpc) is 1.65. The summed E-state index contributed by atoms with van der Waals surface area (Å²) in [5.41, 5.74) is 0. The number of hydrogen-bond acceptors (Lipinski definition) is 1. The first-order valence-corrected chi connectivity index (χ1v) is 2.89. The molecule has 0 bridgehead atoms. The van der Waals surface area contributed by atoms with E-state index in [9.17, 15) is 0 Å². The second kappa shape index (κ2) is 3.62. The third-order valence-corrected chi connectivity index (χ3v) is 1.60. The molecular weight excluding hydrogens is 144 g/mol. The third-order valence-electron chi connectivity index (χ3n) is 0.577. The van der Waals surface area contributed by atoms with Gasteiger partial charge in [0.2, 0.25) is 0 Å². The minimum absolute atomic E-state index is 0.248. The molecule has 1 atom stereocenters. The lowest BCUT2D eigenvalue weighted by molar-refractivity contribution is 0.175. The van der Waals surface area contributed by atoms with Crippen molar-refractivity contribution in [2.45, 2.75) is 18.4 Å². The van der Waals surface area contributed by atoms with Crippen molar-refractivity contribution in [3.63, 3.8) is 0 Å². The SMILES string of the molecule is CC[C@H](Br)OC. The summed E-state index contributed by atoms with van der Waals surface area (Å²) in [6, 6.07) is 0. The first-order valence-electron chi connectivity index (χ1n) is 1.98. The highest BCUT2D eigenvalue weighted by molar-refractivity contribution is 9.09. The fourth-order valence-corrected chi connectivity index (χ4v) is 0.167. The number of rotatable bonds is 2. The molecule has 38 valence electrons. The largest absolute Gasteiger partial charge is 0.370 e. The Bertz CT molecular complexity index is 26.7. The predicted molar refractivity (Wildman–Crippen MR) is 30.0 cm³/mol. The van der Waals surface area contributed by atoms with Crippen LogP contribution in [0.5, 0.6) is 0 Å². The third kappa shape index (κ3) is 2.67. The normalized spacial score (nSPS) is 14.5. The zero-order valence-electron chi connectivity index (χ0n) is 4.07. The topological polar surface area (TPSA) is 9.23 Å². The van der Waals surface area contributed by atoms with Crippen molar-refractivity contribution in [2.75, 3.05) is 7.11 Å². The van der Waals surface area contributed by atoms with Crippen LogP contribution in [-0.4, -0.2) is 12.1 Å². The molecule has 0 fully saturated rings. The maximum absolute atomic E-state index is 4.82. The van der Waals surface area contributed by atoms with Crippen molar-refractivity contribution in [3.05, 3.63) is 0 Å². The summed E-state index contributed by atoms with van der Waals surface area (Å²) in [7, 11) is 1.68. The fraction of sp³-hybridized carbons (Fsp3) is 1.00. The molecule has 0 amide bonds. The number of halogens is 1. The van der Waals surface area contributed by atoms with Gasteiger partial charge in [-0.15, -0.1) is 0 Å². The number of methoxy groups -OCH3 is 1. The van der Waals surface area contributed by atoms with Gasteiger partial charge in [0.25, 0.3) is 0 Å². The van der Waals surface area contributed by atoms with E-state index in [0.717, 1.165) is 6.42 Å². The van der Waals surface area contributed by atoms with Crippen molar-refractivity contribution in [1.29, 1.82) is 0 Å². The van der Waals surface area contributed by atoms with E-state index < -0.39 is 0 Å². The molecule has 0 saturated heterocycles. The minimum atomic E-state index is 0.248. The van der Waals surface area contributed by atoms with Crippen molar-refractivity contribution in [3.8, 4) is 0 Å². The van der Waals surface area contributed by atoms with Crippen LogP contribution in [0.3, 0.4) is 0 Å². The van der Waals surface area contributed by atoms with Crippen LogP contribution >= 0.6 is 15.9 Å². The Hall–Kier alpha value is 0.440. The summed E-state index contributed by atoms with van der Waals surface area (Å²) in [5, 5.41) is 0.248. The molecule has 1 nitrogen and oxygen atoms in total. The van der Waals surface area contributed by atoms with Gasteiger partial charge in [-0.3, -0.25) is 0 Å². The second-order valence-electron chi connectivity index (χ2n) is 1.05. The highest BCUT2D eigenvalue weighted by Crippen LogP contribution is 2.02.